The molecule has 0 spiro atoms. The van der Waals surface area contributed by atoms with Gasteiger partial charge in [0, 0.05) is 0 Å². The summed E-state index contributed by atoms with van der Waals surface area (Å²) < 4.78 is 86.1. The molecule has 5 nitrogen and oxygen atoms in total. The van der Waals surface area contributed by atoms with E-state index in [1.54, 1.807) is 0 Å². The first kappa shape index (κ1) is 20.2. The highest BCUT2D eigenvalue weighted by atomic mass is 31.2. The molecule has 0 bridgehead atoms. The third kappa shape index (κ3) is 5.84. The predicted molar refractivity (Wildman–Crippen MR) is 57.5 cm³/mol. The largest absolute Gasteiger partial charge is 0.481 e. The van der Waals surface area contributed by atoms with E-state index in [2.05, 4.69) is 0 Å². The van der Waals surface area contributed by atoms with E-state index in [0.29, 0.717) is 0 Å². The van der Waals surface area contributed by atoms with E-state index in [0.717, 1.165) is 6.92 Å². The van der Waals surface area contributed by atoms with Crippen molar-refractivity contribution in [2.24, 2.45) is 5.41 Å². The van der Waals surface area contributed by atoms with E-state index in [1.807, 2.05) is 0 Å². The molecule has 0 aliphatic heterocycles. The highest BCUT2D eigenvalue weighted by molar-refractivity contribution is 7.52. The zero-order valence-corrected chi connectivity index (χ0v) is 11.5. The zero-order chi connectivity index (χ0) is 17.3. The first-order valence-electron chi connectivity index (χ1n) is 5.47. The molecule has 3 N–H and O–H groups in total. The van der Waals surface area contributed by atoms with Gasteiger partial charge in [0.25, 0.3) is 0 Å². The van der Waals surface area contributed by atoms with Crippen LogP contribution in [0.2, 0.25) is 0 Å². The maximum absolute atomic E-state index is 12.5. The van der Waals surface area contributed by atoms with Gasteiger partial charge in [0.2, 0.25) is 0 Å². The monoisotopic (exact) mass is 346 g/mol. The summed E-state index contributed by atoms with van der Waals surface area (Å²) in [5.74, 6) is -2.55. The second-order valence-corrected chi connectivity index (χ2v) is 6.36. The van der Waals surface area contributed by atoms with E-state index in [-0.39, 0.29) is 0 Å². The molecular weight excluding hydrogens is 333 g/mol. The molecule has 0 fully saturated rings. The fourth-order valence-electron chi connectivity index (χ4n) is 2.26. The van der Waals surface area contributed by atoms with Gasteiger partial charge < -0.3 is 14.9 Å². The molecule has 0 aromatic heterocycles. The molecule has 0 heterocycles. The van der Waals surface area contributed by atoms with Gasteiger partial charge in [-0.05, 0) is 6.42 Å². The summed E-state index contributed by atoms with van der Waals surface area (Å²) in [4.78, 5) is 29.0. The van der Waals surface area contributed by atoms with Crippen LogP contribution in [0.4, 0.5) is 26.3 Å². The van der Waals surface area contributed by atoms with Crippen LogP contribution in [0.5, 0.6) is 0 Å². The van der Waals surface area contributed by atoms with Gasteiger partial charge in [-0.2, -0.15) is 26.3 Å². The first-order chi connectivity index (χ1) is 9.05. The summed E-state index contributed by atoms with van der Waals surface area (Å²) in [5.41, 5.74) is -6.28. The molecule has 1 atom stereocenters. The van der Waals surface area contributed by atoms with Gasteiger partial charge in [-0.1, -0.05) is 6.92 Å². The topological polar surface area (TPSA) is 94.8 Å². The molecule has 0 aromatic rings. The zero-order valence-electron chi connectivity index (χ0n) is 10.6. The summed E-state index contributed by atoms with van der Waals surface area (Å²) >= 11 is 0. The Morgan fingerprint density at radius 2 is 1.38 bits per heavy atom. The third-order valence-corrected chi connectivity index (χ3v) is 4.56. The van der Waals surface area contributed by atoms with Crippen LogP contribution in [-0.4, -0.2) is 38.9 Å². The summed E-state index contributed by atoms with van der Waals surface area (Å²) in [5, 5.41) is 8.87. The van der Waals surface area contributed by atoms with Gasteiger partial charge in [-0.25, -0.2) is 0 Å². The molecule has 0 aliphatic rings. The predicted octanol–water partition coefficient (Wildman–Crippen LogP) is 2.92. The van der Waals surface area contributed by atoms with E-state index >= 15 is 0 Å². The number of carboxylic acid groups (broad SMARTS) is 1. The maximum atomic E-state index is 12.5. The average molecular weight is 346 g/mol. The lowest BCUT2D eigenvalue weighted by molar-refractivity contribution is -0.208. The Balaban J connectivity index is 6.14. The molecule has 0 rings (SSSR count). The summed E-state index contributed by atoms with van der Waals surface area (Å²) in [6.07, 6.45) is -16.5. The van der Waals surface area contributed by atoms with E-state index in [4.69, 9.17) is 14.9 Å². The van der Waals surface area contributed by atoms with Crippen LogP contribution in [0.3, 0.4) is 0 Å². The maximum Gasteiger partial charge on any atom is 0.390 e. The van der Waals surface area contributed by atoms with E-state index in [1.165, 1.54) is 0 Å². The Morgan fingerprint density at radius 1 is 1.05 bits per heavy atom. The number of carbonyl (C=O) groups is 1. The number of halogens is 6. The van der Waals surface area contributed by atoms with Crippen molar-refractivity contribution in [3.8, 4) is 0 Å². The normalized spacial score (nSPS) is 15.9. The minimum absolute atomic E-state index is 0.858. The van der Waals surface area contributed by atoms with Crippen LogP contribution >= 0.6 is 7.60 Å². The Kier molecular flexibility index (Phi) is 5.90. The van der Waals surface area contributed by atoms with E-state index < -0.39 is 56.3 Å². The highest BCUT2D eigenvalue weighted by Crippen LogP contribution is 2.58. The average Bonchev–Trinajstić information content (AvgIpc) is 2.09. The number of aliphatic carboxylic acids is 1. The lowest BCUT2D eigenvalue weighted by Crippen LogP contribution is -2.48. The SMILES string of the molecule is CCC(C(CC(F)(F)F)(CC(F)(F)F)C(=O)O)P(=O)(O)O. The molecule has 0 saturated heterocycles. The van der Waals surface area contributed by atoms with Crippen LogP contribution < -0.4 is 0 Å². The fourth-order valence-corrected chi connectivity index (χ4v) is 3.67. The number of hydrogen-bond donors (Lipinski definition) is 3. The Morgan fingerprint density at radius 3 is 1.52 bits per heavy atom. The van der Waals surface area contributed by atoms with Crippen molar-refractivity contribution in [3.63, 3.8) is 0 Å². The summed E-state index contributed by atoms with van der Waals surface area (Å²) in [6, 6.07) is 0. The molecule has 0 aromatic carbocycles. The lowest BCUT2D eigenvalue weighted by atomic mass is 9.76. The van der Waals surface area contributed by atoms with Crippen molar-refractivity contribution < 1.29 is 50.6 Å². The van der Waals surface area contributed by atoms with Crippen molar-refractivity contribution in [1.29, 1.82) is 0 Å². The van der Waals surface area contributed by atoms with Gasteiger partial charge >= 0.3 is 25.9 Å². The van der Waals surface area contributed by atoms with Gasteiger partial charge in [-0.3, -0.25) is 9.36 Å². The van der Waals surface area contributed by atoms with Crippen molar-refractivity contribution >= 4 is 13.6 Å². The molecule has 126 valence electrons. The molecule has 21 heavy (non-hydrogen) atoms. The standard InChI is InChI=1S/C9H13F6O5P/c1-2-5(21(18,19)20)7(6(16)17,3-8(10,11)12)4-9(13,14)15/h5H,2-4H2,1H3,(H,16,17)(H2,18,19,20). The van der Waals surface area contributed by atoms with E-state index in [9.17, 15) is 35.7 Å². The first-order valence-corrected chi connectivity index (χ1v) is 7.15. The summed E-state index contributed by atoms with van der Waals surface area (Å²) in [6.45, 7) is 0.911. The number of carboxylic acids is 1. The van der Waals surface area contributed by atoms with Crippen LogP contribution in [0, 0.1) is 5.41 Å². The second kappa shape index (κ2) is 6.13. The Hall–Kier alpha value is -0.800. The van der Waals surface area contributed by atoms with Crippen LogP contribution in [0.15, 0.2) is 0 Å². The Bertz CT molecular complexity index is 409. The van der Waals surface area contributed by atoms with Gasteiger partial charge in [0.05, 0.1) is 23.9 Å². The molecule has 0 radical (unpaired) electrons. The minimum atomic E-state index is -5.50. The van der Waals surface area contributed by atoms with Gasteiger partial charge in [0.1, 0.15) is 0 Å². The fraction of sp³-hybridized carbons (Fsp3) is 0.889. The van der Waals surface area contributed by atoms with Crippen molar-refractivity contribution in [3.05, 3.63) is 0 Å². The molecule has 1 unspecified atom stereocenters. The van der Waals surface area contributed by atoms with Crippen molar-refractivity contribution in [1.82, 2.24) is 0 Å². The lowest BCUT2D eigenvalue weighted by Gasteiger charge is -2.37. The van der Waals surface area contributed by atoms with Gasteiger partial charge in [-0.15, -0.1) is 0 Å². The smallest absolute Gasteiger partial charge is 0.390 e. The number of rotatable bonds is 6. The molecular formula is C9H13F6O5P. The molecule has 0 aliphatic carbocycles. The molecule has 0 saturated carbocycles. The van der Waals surface area contributed by atoms with Crippen LogP contribution in [-0.2, 0) is 9.36 Å². The molecule has 0 amide bonds. The second-order valence-electron chi connectivity index (χ2n) is 4.56. The third-order valence-electron chi connectivity index (χ3n) is 2.89. The highest BCUT2D eigenvalue weighted by Gasteiger charge is 2.61. The van der Waals surface area contributed by atoms with Crippen molar-refractivity contribution in [2.75, 3.05) is 0 Å². The summed E-state index contributed by atoms with van der Waals surface area (Å²) in [7, 11) is -5.50. The quantitative estimate of drug-likeness (QED) is 0.508. The minimum Gasteiger partial charge on any atom is -0.481 e. The van der Waals surface area contributed by atoms with Gasteiger partial charge in [0.15, 0.2) is 0 Å². The van der Waals surface area contributed by atoms with Crippen molar-refractivity contribution in [2.45, 2.75) is 44.2 Å². The molecule has 12 heteroatoms. The number of alkyl halides is 6. The van der Waals surface area contributed by atoms with Crippen LogP contribution in [0.1, 0.15) is 26.2 Å². The van der Waals surface area contributed by atoms with Crippen LogP contribution in [0.25, 0.3) is 0 Å². The number of hydrogen-bond acceptors (Lipinski definition) is 2. The Labute approximate surface area is 115 Å².